The second-order valence-corrected chi connectivity index (χ2v) is 5.66. The van der Waals surface area contributed by atoms with E-state index in [9.17, 15) is 0 Å². The van der Waals surface area contributed by atoms with Gasteiger partial charge < -0.3 is 10.4 Å². The molecular weight excluding hydrogens is 314 g/mol. The van der Waals surface area contributed by atoms with Crippen molar-refractivity contribution >= 4 is 16.7 Å². The van der Waals surface area contributed by atoms with E-state index in [0.29, 0.717) is 6.54 Å². The molecule has 2 aromatic heterocycles. The van der Waals surface area contributed by atoms with Crippen LogP contribution < -0.4 is 5.32 Å². The Hall–Kier alpha value is -3.25. The van der Waals surface area contributed by atoms with Gasteiger partial charge in [-0.2, -0.15) is 5.10 Å². The number of rotatable bonds is 5. The summed E-state index contributed by atoms with van der Waals surface area (Å²) in [6, 6.07) is 16.3. The minimum absolute atomic E-state index is 0.0530. The van der Waals surface area contributed by atoms with Crippen molar-refractivity contribution in [1.82, 2.24) is 20.2 Å². The smallest absolute Gasteiger partial charge is 0.137 e. The molecule has 2 aromatic carbocycles. The molecule has 4 rings (SSSR count). The topological polar surface area (TPSA) is 86.7 Å². The van der Waals surface area contributed by atoms with E-state index < -0.39 is 0 Å². The summed E-state index contributed by atoms with van der Waals surface area (Å²) in [7, 11) is 0. The third-order valence-corrected chi connectivity index (χ3v) is 4.05. The number of hydrogen-bond donors (Lipinski definition) is 3. The maximum atomic E-state index is 9.04. The van der Waals surface area contributed by atoms with Crippen molar-refractivity contribution in [2.45, 2.75) is 0 Å². The zero-order valence-electron chi connectivity index (χ0n) is 13.5. The molecule has 6 nitrogen and oxygen atoms in total. The van der Waals surface area contributed by atoms with Crippen molar-refractivity contribution in [3.63, 3.8) is 0 Å². The second-order valence-electron chi connectivity index (χ2n) is 5.66. The Balaban J connectivity index is 1.78. The Morgan fingerprint density at radius 1 is 0.960 bits per heavy atom. The average molecular weight is 331 g/mol. The van der Waals surface area contributed by atoms with Gasteiger partial charge in [-0.25, -0.2) is 9.97 Å². The number of aromatic amines is 1. The highest BCUT2D eigenvalue weighted by atomic mass is 16.3. The van der Waals surface area contributed by atoms with Crippen LogP contribution in [0, 0.1) is 0 Å². The molecule has 0 radical (unpaired) electrons. The minimum atomic E-state index is 0.0530. The maximum absolute atomic E-state index is 9.04. The van der Waals surface area contributed by atoms with Crippen LogP contribution in [-0.4, -0.2) is 38.4 Å². The molecule has 0 aliphatic carbocycles. The molecule has 0 bridgehead atoms. The van der Waals surface area contributed by atoms with Crippen LogP contribution in [0.2, 0.25) is 0 Å². The van der Waals surface area contributed by atoms with Crippen LogP contribution >= 0.6 is 0 Å². The van der Waals surface area contributed by atoms with Crippen LogP contribution in [0.1, 0.15) is 0 Å². The highest BCUT2D eigenvalue weighted by molar-refractivity contribution is 5.92. The first-order valence-electron chi connectivity index (χ1n) is 8.05. The molecule has 0 fully saturated rings. The SMILES string of the molecule is OCCNc1ncnc2ccc(-c3cccc(-c4ccn[nH]4)c3)cc12. The molecule has 4 aromatic rings. The van der Waals surface area contributed by atoms with Gasteiger partial charge in [0.05, 0.1) is 17.8 Å². The fourth-order valence-corrected chi connectivity index (χ4v) is 2.83. The largest absolute Gasteiger partial charge is 0.395 e. The van der Waals surface area contributed by atoms with E-state index in [-0.39, 0.29) is 6.61 Å². The van der Waals surface area contributed by atoms with Crippen molar-refractivity contribution in [2.24, 2.45) is 0 Å². The summed E-state index contributed by atoms with van der Waals surface area (Å²) in [6.45, 7) is 0.503. The molecule has 124 valence electrons. The zero-order chi connectivity index (χ0) is 17.1. The quantitative estimate of drug-likeness (QED) is 0.523. The number of hydrogen-bond acceptors (Lipinski definition) is 5. The summed E-state index contributed by atoms with van der Waals surface area (Å²) in [5.74, 6) is 0.727. The first kappa shape index (κ1) is 15.3. The van der Waals surface area contributed by atoms with E-state index in [4.69, 9.17) is 5.11 Å². The van der Waals surface area contributed by atoms with Crippen molar-refractivity contribution in [2.75, 3.05) is 18.5 Å². The van der Waals surface area contributed by atoms with Gasteiger partial charge in [0, 0.05) is 23.7 Å². The van der Waals surface area contributed by atoms with Gasteiger partial charge in [0.15, 0.2) is 0 Å². The van der Waals surface area contributed by atoms with Crippen LogP contribution in [0.5, 0.6) is 0 Å². The number of aromatic nitrogens is 4. The Morgan fingerprint density at radius 3 is 2.68 bits per heavy atom. The highest BCUT2D eigenvalue weighted by Crippen LogP contribution is 2.29. The number of anilines is 1. The molecule has 25 heavy (non-hydrogen) atoms. The highest BCUT2D eigenvalue weighted by Gasteiger charge is 2.07. The van der Waals surface area contributed by atoms with Crippen molar-refractivity contribution in [3.05, 3.63) is 61.1 Å². The summed E-state index contributed by atoms with van der Waals surface area (Å²) >= 11 is 0. The Morgan fingerprint density at radius 2 is 1.84 bits per heavy atom. The number of benzene rings is 2. The van der Waals surface area contributed by atoms with Crippen LogP contribution in [0.15, 0.2) is 61.1 Å². The molecule has 0 aliphatic rings. The van der Waals surface area contributed by atoms with Gasteiger partial charge in [0.25, 0.3) is 0 Å². The minimum Gasteiger partial charge on any atom is -0.395 e. The van der Waals surface area contributed by atoms with Crippen LogP contribution in [0.4, 0.5) is 5.82 Å². The predicted octanol–water partition coefficient (Wildman–Crippen LogP) is 3.09. The third kappa shape index (κ3) is 3.07. The second kappa shape index (κ2) is 6.70. The van der Waals surface area contributed by atoms with Crippen LogP contribution in [0.25, 0.3) is 33.3 Å². The van der Waals surface area contributed by atoms with E-state index in [2.05, 4.69) is 55.8 Å². The summed E-state index contributed by atoms with van der Waals surface area (Å²) in [5, 5.41) is 20.1. The normalized spacial score (nSPS) is 10.9. The molecule has 0 spiro atoms. The molecule has 0 unspecified atom stereocenters. The lowest BCUT2D eigenvalue weighted by Gasteiger charge is -2.09. The molecular formula is C19H17N5O. The summed E-state index contributed by atoms with van der Waals surface area (Å²) < 4.78 is 0. The number of H-pyrrole nitrogens is 1. The van der Waals surface area contributed by atoms with Crippen molar-refractivity contribution in [3.8, 4) is 22.4 Å². The van der Waals surface area contributed by atoms with E-state index in [1.54, 1.807) is 6.20 Å². The van der Waals surface area contributed by atoms with Crippen LogP contribution in [-0.2, 0) is 0 Å². The van der Waals surface area contributed by atoms with E-state index in [0.717, 1.165) is 39.1 Å². The van der Waals surface area contributed by atoms with Crippen molar-refractivity contribution in [1.29, 1.82) is 0 Å². The molecule has 0 saturated carbocycles. The van der Waals surface area contributed by atoms with E-state index in [1.165, 1.54) is 6.33 Å². The Bertz CT molecular complexity index is 998. The van der Waals surface area contributed by atoms with Gasteiger partial charge in [-0.05, 0) is 35.4 Å². The van der Waals surface area contributed by atoms with Crippen LogP contribution in [0.3, 0.4) is 0 Å². The lowest BCUT2D eigenvalue weighted by molar-refractivity contribution is 0.311. The molecule has 0 aliphatic heterocycles. The predicted molar refractivity (Wildman–Crippen MR) is 98.1 cm³/mol. The Kier molecular flexibility index (Phi) is 4.10. The van der Waals surface area contributed by atoms with E-state index in [1.807, 2.05) is 18.2 Å². The average Bonchev–Trinajstić information content (AvgIpc) is 3.21. The van der Waals surface area contributed by atoms with Gasteiger partial charge in [-0.15, -0.1) is 0 Å². The summed E-state index contributed by atoms with van der Waals surface area (Å²) in [4.78, 5) is 8.61. The monoisotopic (exact) mass is 331 g/mol. The van der Waals surface area contributed by atoms with Gasteiger partial charge in [-0.1, -0.05) is 24.3 Å². The fraction of sp³-hybridized carbons (Fsp3) is 0.105. The molecule has 0 saturated heterocycles. The van der Waals surface area contributed by atoms with Gasteiger partial charge in [-0.3, -0.25) is 5.10 Å². The molecule has 0 amide bonds. The number of aliphatic hydroxyl groups excluding tert-OH is 1. The molecule has 0 atom stereocenters. The number of nitrogens with one attached hydrogen (secondary N) is 2. The zero-order valence-corrected chi connectivity index (χ0v) is 13.5. The molecule has 3 N–H and O–H groups in total. The van der Waals surface area contributed by atoms with Crippen molar-refractivity contribution < 1.29 is 5.11 Å². The number of nitrogens with zero attached hydrogens (tertiary/aromatic N) is 3. The first-order chi connectivity index (χ1) is 12.3. The molecule has 2 heterocycles. The third-order valence-electron chi connectivity index (χ3n) is 4.05. The Labute approximate surface area is 144 Å². The lowest BCUT2D eigenvalue weighted by atomic mass is 10.0. The van der Waals surface area contributed by atoms with Gasteiger partial charge in [0.1, 0.15) is 12.1 Å². The van der Waals surface area contributed by atoms with Gasteiger partial charge >= 0.3 is 0 Å². The first-order valence-corrected chi connectivity index (χ1v) is 8.05. The standard InChI is InChI=1S/C19H17N5O/c25-9-8-20-19-16-11-14(4-5-18(16)21-12-22-19)13-2-1-3-15(10-13)17-6-7-23-24-17/h1-7,10-12,25H,8-9H2,(H,23,24)(H,20,21,22). The summed E-state index contributed by atoms with van der Waals surface area (Å²) in [5.41, 5.74) is 5.11. The lowest BCUT2D eigenvalue weighted by Crippen LogP contribution is -2.07. The van der Waals surface area contributed by atoms with E-state index >= 15 is 0 Å². The fourth-order valence-electron chi connectivity index (χ4n) is 2.83. The number of aliphatic hydroxyl groups is 1. The molecule has 6 heteroatoms. The maximum Gasteiger partial charge on any atom is 0.137 e. The number of fused-ring (bicyclic) bond motifs is 1. The van der Waals surface area contributed by atoms with Gasteiger partial charge in [0.2, 0.25) is 0 Å². The summed E-state index contributed by atoms with van der Waals surface area (Å²) in [6.07, 6.45) is 3.27.